The number of halogens is 1. The van der Waals surface area contributed by atoms with Crippen LogP contribution < -0.4 is 10.1 Å². The van der Waals surface area contributed by atoms with Gasteiger partial charge in [0.1, 0.15) is 5.75 Å². The molecule has 1 heterocycles. The lowest BCUT2D eigenvalue weighted by Gasteiger charge is -2.11. The molecule has 0 amide bonds. The molecule has 0 fully saturated rings. The van der Waals surface area contributed by atoms with E-state index >= 15 is 0 Å². The zero-order valence-corrected chi connectivity index (χ0v) is 12.0. The van der Waals surface area contributed by atoms with Crippen molar-refractivity contribution in [3.63, 3.8) is 0 Å². The number of ether oxygens (including phenoxy) is 1. The zero-order chi connectivity index (χ0) is 13.8. The summed E-state index contributed by atoms with van der Waals surface area (Å²) in [5, 5.41) is 12.0. The fourth-order valence-corrected chi connectivity index (χ4v) is 1.88. The van der Waals surface area contributed by atoms with E-state index in [9.17, 15) is 0 Å². The Hall–Kier alpha value is -1.59. The van der Waals surface area contributed by atoms with Gasteiger partial charge >= 0.3 is 0 Å². The third-order valence-electron chi connectivity index (χ3n) is 2.69. The van der Waals surface area contributed by atoms with Crippen molar-refractivity contribution in [2.45, 2.75) is 26.4 Å². The lowest BCUT2D eigenvalue weighted by molar-refractivity contribution is 0.414. The maximum atomic E-state index is 6.02. The Kier molecular flexibility index (Phi) is 4.39. The van der Waals surface area contributed by atoms with Crippen LogP contribution in [0, 0.1) is 0 Å². The Bertz CT molecular complexity index is 553. The van der Waals surface area contributed by atoms with Gasteiger partial charge in [0.05, 0.1) is 29.7 Å². The summed E-state index contributed by atoms with van der Waals surface area (Å²) in [5.74, 6) is 0.623. The molecule has 0 atom stereocenters. The van der Waals surface area contributed by atoms with E-state index in [0.717, 1.165) is 11.4 Å². The first-order chi connectivity index (χ1) is 9.11. The Labute approximate surface area is 117 Å². The van der Waals surface area contributed by atoms with Crippen molar-refractivity contribution < 1.29 is 4.74 Å². The Morgan fingerprint density at radius 3 is 2.89 bits per heavy atom. The van der Waals surface area contributed by atoms with Gasteiger partial charge in [-0.15, -0.1) is 5.10 Å². The van der Waals surface area contributed by atoms with Gasteiger partial charge in [0.25, 0.3) is 0 Å². The van der Waals surface area contributed by atoms with Gasteiger partial charge in [0.2, 0.25) is 0 Å². The Morgan fingerprint density at radius 2 is 2.21 bits per heavy atom. The van der Waals surface area contributed by atoms with Crippen LogP contribution in [0.4, 0.5) is 0 Å². The molecule has 5 nitrogen and oxygen atoms in total. The number of rotatable bonds is 5. The lowest BCUT2D eigenvalue weighted by atomic mass is 10.3. The van der Waals surface area contributed by atoms with Crippen LogP contribution in [0.2, 0.25) is 5.02 Å². The van der Waals surface area contributed by atoms with E-state index in [1.165, 1.54) is 0 Å². The first-order valence-electron chi connectivity index (χ1n) is 6.08. The lowest BCUT2D eigenvalue weighted by Crippen LogP contribution is -2.23. The van der Waals surface area contributed by atoms with Gasteiger partial charge in [0, 0.05) is 18.7 Å². The summed E-state index contributed by atoms with van der Waals surface area (Å²) in [4.78, 5) is 0. The van der Waals surface area contributed by atoms with Crippen molar-refractivity contribution in [1.82, 2.24) is 20.3 Å². The second-order valence-electron chi connectivity index (χ2n) is 4.49. The van der Waals surface area contributed by atoms with Gasteiger partial charge in [-0.3, -0.25) is 0 Å². The van der Waals surface area contributed by atoms with E-state index in [1.54, 1.807) is 24.1 Å². The molecule has 0 spiro atoms. The van der Waals surface area contributed by atoms with Crippen LogP contribution in [0.5, 0.6) is 5.75 Å². The topological polar surface area (TPSA) is 52.0 Å². The Morgan fingerprint density at radius 1 is 1.42 bits per heavy atom. The predicted molar refractivity (Wildman–Crippen MR) is 74.9 cm³/mol. The molecule has 1 N–H and O–H groups in total. The number of aromatic nitrogens is 3. The zero-order valence-electron chi connectivity index (χ0n) is 11.2. The highest BCUT2D eigenvalue weighted by atomic mass is 35.5. The van der Waals surface area contributed by atoms with Crippen LogP contribution in [-0.4, -0.2) is 28.1 Å². The molecule has 6 heteroatoms. The van der Waals surface area contributed by atoms with Crippen LogP contribution in [0.15, 0.2) is 24.4 Å². The van der Waals surface area contributed by atoms with Crippen LogP contribution in [0.3, 0.4) is 0 Å². The summed E-state index contributed by atoms with van der Waals surface area (Å²) < 4.78 is 6.98. The standard InChI is InChI=1S/C13H17ClN4O/c1-9(2)15-7-11-8-16-17-18(11)10-4-5-12(14)13(6-10)19-3/h4-6,8-9,15H,7H2,1-3H3. The summed E-state index contributed by atoms with van der Waals surface area (Å²) in [5.41, 5.74) is 1.86. The largest absolute Gasteiger partial charge is 0.495 e. The van der Waals surface area contributed by atoms with Crippen molar-refractivity contribution in [3.8, 4) is 11.4 Å². The first-order valence-corrected chi connectivity index (χ1v) is 6.46. The molecule has 0 aliphatic carbocycles. The van der Waals surface area contributed by atoms with Crippen LogP contribution in [0.1, 0.15) is 19.5 Å². The number of benzene rings is 1. The monoisotopic (exact) mass is 280 g/mol. The highest BCUT2D eigenvalue weighted by Crippen LogP contribution is 2.26. The van der Waals surface area contributed by atoms with Gasteiger partial charge in [-0.2, -0.15) is 0 Å². The van der Waals surface area contributed by atoms with E-state index in [0.29, 0.717) is 23.4 Å². The van der Waals surface area contributed by atoms with Crippen LogP contribution >= 0.6 is 11.6 Å². The van der Waals surface area contributed by atoms with E-state index in [-0.39, 0.29) is 0 Å². The molecule has 0 saturated carbocycles. The minimum Gasteiger partial charge on any atom is -0.495 e. The molecule has 0 radical (unpaired) electrons. The van der Waals surface area contributed by atoms with Crippen molar-refractivity contribution in [3.05, 3.63) is 35.1 Å². The molecule has 1 aromatic heterocycles. The number of hydrogen-bond acceptors (Lipinski definition) is 4. The highest BCUT2D eigenvalue weighted by Gasteiger charge is 2.09. The summed E-state index contributed by atoms with van der Waals surface area (Å²) >= 11 is 6.02. The van der Waals surface area contributed by atoms with Gasteiger partial charge < -0.3 is 10.1 Å². The number of hydrogen-bond donors (Lipinski definition) is 1. The van der Waals surface area contributed by atoms with E-state index in [2.05, 4.69) is 29.5 Å². The quantitative estimate of drug-likeness (QED) is 0.914. The predicted octanol–water partition coefficient (Wildman–Crippen LogP) is 2.43. The highest BCUT2D eigenvalue weighted by molar-refractivity contribution is 6.32. The SMILES string of the molecule is COc1cc(-n2nncc2CNC(C)C)ccc1Cl. The molecule has 0 aliphatic rings. The van der Waals surface area contributed by atoms with E-state index < -0.39 is 0 Å². The summed E-state index contributed by atoms with van der Waals surface area (Å²) in [7, 11) is 1.59. The second kappa shape index (κ2) is 6.04. The Balaban J connectivity index is 2.29. The maximum Gasteiger partial charge on any atom is 0.139 e. The summed E-state index contributed by atoms with van der Waals surface area (Å²) in [6.07, 6.45) is 1.75. The molecule has 1 aromatic carbocycles. The van der Waals surface area contributed by atoms with E-state index in [1.807, 2.05) is 12.1 Å². The normalized spacial score (nSPS) is 11.0. The molecular formula is C13H17ClN4O. The second-order valence-corrected chi connectivity index (χ2v) is 4.90. The maximum absolute atomic E-state index is 6.02. The minimum atomic E-state index is 0.406. The molecule has 0 unspecified atom stereocenters. The summed E-state index contributed by atoms with van der Waals surface area (Å²) in [6, 6.07) is 5.92. The molecule has 19 heavy (non-hydrogen) atoms. The smallest absolute Gasteiger partial charge is 0.139 e. The van der Waals surface area contributed by atoms with Gasteiger partial charge in [-0.25, -0.2) is 4.68 Å². The third kappa shape index (κ3) is 3.24. The number of nitrogens with zero attached hydrogens (tertiary/aromatic N) is 3. The van der Waals surface area contributed by atoms with Crippen molar-refractivity contribution in [2.75, 3.05) is 7.11 Å². The third-order valence-corrected chi connectivity index (χ3v) is 3.00. The van der Waals surface area contributed by atoms with Gasteiger partial charge in [-0.05, 0) is 12.1 Å². The van der Waals surface area contributed by atoms with Crippen LogP contribution in [0.25, 0.3) is 5.69 Å². The van der Waals surface area contributed by atoms with Crippen molar-refractivity contribution in [1.29, 1.82) is 0 Å². The number of methoxy groups -OCH3 is 1. The van der Waals surface area contributed by atoms with Crippen molar-refractivity contribution >= 4 is 11.6 Å². The minimum absolute atomic E-state index is 0.406. The molecule has 0 bridgehead atoms. The molecule has 0 aliphatic heterocycles. The summed E-state index contributed by atoms with van der Waals surface area (Å²) in [6.45, 7) is 4.90. The number of nitrogens with one attached hydrogen (secondary N) is 1. The van der Waals surface area contributed by atoms with Gasteiger partial charge in [0.15, 0.2) is 0 Å². The average Bonchev–Trinajstić information content (AvgIpc) is 2.85. The average molecular weight is 281 g/mol. The van der Waals surface area contributed by atoms with Gasteiger partial charge in [-0.1, -0.05) is 30.7 Å². The van der Waals surface area contributed by atoms with Crippen molar-refractivity contribution in [2.24, 2.45) is 0 Å². The van der Waals surface area contributed by atoms with Crippen LogP contribution in [-0.2, 0) is 6.54 Å². The molecule has 0 saturated heterocycles. The molecule has 2 rings (SSSR count). The first kappa shape index (κ1) is 13.8. The molecule has 102 valence electrons. The fourth-order valence-electron chi connectivity index (χ4n) is 1.68. The van der Waals surface area contributed by atoms with E-state index in [4.69, 9.17) is 16.3 Å². The molecular weight excluding hydrogens is 264 g/mol. The fraction of sp³-hybridized carbons (Fsp3) is 0.385. The molecule has 2 aromatic rings.